The number of azo groups is 1. The normalized spacial score (nSPS) is 11.6. The molecule has 130 valence electrons. The largest absolute Gasteiger partial charge is 0.326 e. The number of aromatic nitrogens is 2. The lowest BCUT2D eigenvalue weighted by Crippen LogP contribution is -1.95. The molecule has 0 aliphatic carbocycles. The molecule has 0 aliphatic heterocycles. The molecule has 0 saturated heterocycles. The van der Waals surface area contributed by atoms with Crippen molar-refractivity contribution in [2.75, 3.05) is 0 Å². The van der Waals surface area contributed by atoms with E-state index in [1.54, 1.807) is 29.0 Å². The Kier molecular flexibility index (Phi) is 4.83. The Balaban J connectivity index is 1.70. The zero-order valence-corrected chi connectivity index (χ0v) is 15.8. The Bertz CT molecular complexity index is 1050. The molecule has 0 unspecified atom stereocenters. The predicted molar refractivity (Wildman–Crippen MR) is 108 cm³/mol. The molecule has 7 heteroatoms. The van der Waals surface area contributed by atoms with E-state index in [0.29, 0.717) is 18.9 Å². The molecule has 2 N–H and O–H groups in total. The van der Waals surface area contributed by atoms with E-state index in [0.717, 1.165) is 26.9 Å². The predicted octanol–water partition coefficient (Wildman–Crippen LogP) is 5.47. The van der Waals surface area contributed by atoms with Gasteiger partial charge in [-0.3, -0.25) is 0 Å². The van der Waals surface area contributed by atoms with E-state index in [1.165, 1.54) is 9.75 Å². The van der Waals surface area contributed by atoms with Crippen LogP contribution in [0.15, 0.2) is 58.3 Å². The van der Waals surface area contributed by atoms with Crippen molar-refractivity contribution in [3.05, 3.63) is 64.1 Å². The first-order valence-corrected chi connectivity index (χ1v) is 9.89. The average Bonchev–Trinajstić information content (AvgIpc) is 3.31. The fourth-order valence-corrected chi connectivity index (χ4v) is 4.54. The van der Waals surface area contributed by atoms with Gasteiger partial charge in [0.1, 0.15) is 11.0 Å². The first-order chi connectivity index (χ1) is 12.8. The molecular formula is C19H17N5S2. The van der Waals surface area contributed by atoms with Gasteiger partial charge in [-0.2, -0.15) is 5.11 Å². The topological polar surface area (TPSA) is 76.5 Å². The van der Waals surface area contributed by atoms with Crippen LogP contribution in [-0.2, 0) is 13.1 Å². The zero-order valence-electron chi connectivity index (χ0n) is 14.2. The summed E-state index contributed by atoms with van der Waals surface area (Å²) in [5, 5.41) is 10.7. The first kappa shape index (κ1) is 17.0. The molecule has 4 aromatic rings. The molecule has 0 atom stereocenters. The van der Waals surface area contributed by atoms with Gasteiger partial charge >= 0.3 is 0 Å². The fraction of sp³-hybridized carbons (Fsp3) is 0.158. The van der Waals surface area contributed by atoms with Gasteiger partial charge in [0, 0.05) is 16.3 Å². The van der Waals surface area contributed by atoms with Gasteiger partial charge in [-0.1, -0.05) is 30.3 Å². The van der Waals surface area contributed by atoms with Gasteiger partial charge in [0.25, 0.3) is 0 Å². The van der Waals surface area contributed by atoms with E-state index >= 15 is 0 Å². The van der Waals surface area contributed by atoms with E-state index in [-0.39, 0.29) is 0 Å². The molecule has 0 spiro atoms. The lowest BCUT2D eigenvalue weighted by molar-refractivity contribution is 0.965. The highest BCUT2D eigenvalue weighted by Gasteiger charge is 2.15. The highest BCUT2D eigenvalue weighted by atomic mass is 32.1. The highest BCUT2D eigenvalue weighted by molar-refractivity contribution is 7.23. The minimum absolute atomic E-state index is 0.548. The number of thiophene rings is 2. The maximum atomic E-state index is 5.69. The summed E-state index contributed by atoms with van der Waals surface area (Å²) in [7, 11) is 0. The van der Waals surface area contributed by atoms with Crippen LogP contribution < -0.4 is 5.73 Å². The average molecular weight is 380 g/mol. The molecule has 1 aromatic carbocycles. The van der Waals surface area contributed by atoms with Crippen LogP contribution in [-0.4, -0.2) is 9.97 Å². The summed E-state index contributed by atoms with van der Waals surface area (Å²) in [6, 6.07) is 12.4. The third kappa shape index (κ3) is 3.29. The van der Waals surface area contributed by atoms with Crippen LogP contribution in [0.25, 0.3) is 20.7 Å². The molecule has 0 radical (unpaired) electrons. The van der Waals surface area contributed by atoms with Gasteiger partial charge in [0.05, 0.1) is 12.1 Å². The van der Waals surface area contributed by atoms with Crippen LogP contribution in [0.3, 0.4) is 0 Å². The number of rotatable bonds is 5. The molecular weight excluding hydrogens is 362 g/mol. The molecule has 3 aromatic heterocycles. The zero-order chi connectivity index (χ0) is 17.9. The second-order valence-corrected chi connectivity index (χ2v) is 7.86. The Morgan fingerprint density at radius 1 is 1.12 bits per heavy atom. The SMILES string of the molecule is Cc1c(-c2ccc(CN)cc2)sc2c(N=NCc3cccs3)ncnc12. The van der Waals surface area contributed by atoms with Crippen molar-refractivity contribution in [2.24, 2.45) is 16.0 Å². The summed E-state index contributed by atoms with van der Waals surface area (Å²) in [4.78, 5) is 11.1. The lowest BCUT2D eigenvalue weighted by atomic mass is 10.1. The molecule has 0 aliphatic rings. The van der Waals surface area contributed by atoms with Crippen molar-refractivity contribution < 1.29 is 0 Å². The molecule has 26 heavy (non-hydrogen) atoms. The van der Waals surface area contributed by atoms with Crippen molar-refractivity contribution >= 4 is 38.7 Å². The fourth-order valence-electron chi connectivity index (χ4n) is 2.73. The van der Waals surface area contributed by atoms with E-state index < -0.39 is 0 Å². The van der Waals surface area contributed by atoms with Crippen LogP contribution in [0, 0.1) is 6.92 Å². The van der Waals surface area contributed by atoms with Gasteiger partial charge in [-0.15, -0.1) is 27.8 Å². The summed E-state index contributed by atoms with van der Waals surface area (Å²) in [5.74, 6) is 0.629. The molecule has 0 amide bonds. The van der Waals surface area contributed by atoms with Crippen molar-refractivity contribution in [3.63, 3.8) is 0 Å². The monoisotopic (exact) mass is 379 g/mol. The van der Waals surface area contributed by atoms with Crippen molar-refractivity contribution in [2.45, 2.75) is 20.0 Å². The number of hydrogen-bond acceptors (Lipinski definition) is 7. The van der Waals surface area contributed by atoms with Crippen LogP contribution in [0.4, 0.5) is 5.82 Å². The highest BCUT2D eigenvalue weighted by Crippen LogP contribution is 2.40. The maximum absolute atomic E-state index is 5.69. The summed E-state index contributed by atoms with van der Waals surface area (Å²) in [6.07, 6.45) is 1.56. The third-order valence-corrected chi connectivity index (χ3v) is 6.30. The second-order valence-electron chi connectivity index (χ2n) is 5.81. The number of benzene rings is 1. The van der Waals surface area contributed by atoms with Gasteiger partial charge in [-0.25, -0.2) is 9.97 Å². The molecule has 0 fully saturated rings. The lowest BCUT2D eigenvalue weighted by Gasteiger charge is -2.01. The summed E-state index contributed by atoms with van der Waals surface area (Å²) in [5.41, 5.74) is 10.1. The number of nitrogens with zero attached hydrogens (tertiary/aromatic N) is 4. The molecule has 0 bridgehead atoms. The van der Waals surface area contributed by atoms with Crippen molar-refractivity contribution in [1.82, 2.24) is 9.97 Å². The van der Waals surface area contributed by atoms with Crippen LogP contribution in [0.1, 0.15) is 16.0 Å². The summed E-state index contributed by atoms with van der Waals surface area (Å²) >= 11 is 3.33. The van der Waals surface area contributed by atoms with Crippen molar-refractivity contribution in [3.8, 4) is 10.4 Å². The van der Waals surface area contributed by atoms with E-state index in [2.05, 4.69) is 57.5 Å². The van der Waals surface area contributed by atoms with E-state index in [1.807, 2.05) is 11.4 Å². The third-order valence-electron chi connectivity index (χ3n) is 4.11. The van der Waals surface area contributed by atoms with Gasteiger partial charge < -0.3 is 5.73 Å². The van der Waals surface area contributed by atoms with Crippen LogP contribution in [0.2, 0.25) is 0 Å². The molecule has 3 heterocycles. The van der Waals surface area contributed by atoms with E-state index in [4.69, 9.17) is 5.73 Å². The van der Waals surface area contributed by atoms with Crippen LogP contribution >= 0.6 is 22.7 Å². The van der Waals surface area contributed by atoms with Gasteiger partial charge in [-0.05, 0) is 35.1 Å². The minimum atomic E-state index is 0.548. The number of hydrogen-bond donors (Lipinski definition) is 1. The first-order valence-electron chi connectivity index (χ1n) is 8.19. The van der Waals surface area contributed by atoms with Gasteiger partial charge in [0.15, 0.2) is 5.82 Å². The Morgan fingerprint density at radius 3 is 2.69 bits per heavy atom. The second kappa shape index (κ2) is 7.41. The standard InChI is InChI=1S/C19H17N5S2/c1-12-16-18(26-17(12)14-6-4-13(9-20)5-7-14)19(22-11-21-16)24-23-10-15-3-2-8-25-15/h2-8,11H,9-10,20H2,1H3. The minimum Gasteiger partial charge on any atom is -0.326 e. The summed E-state index contributed by atoms with van der Waals surface area (Å²) < 4.78 is 0.970. The number of nitrogens with two attached hydrogens (primary N) is 1. The number of aryl methyl sites for hydroxylation is 1. The maximum Gasteiger partial charge on any atom is 0.195 e. The van der Waals surface area contributed by atoms with Crippen LogP contribution in [0.5, 0.6) is 0 Å². The van der Waals surface area contributed by atoms with Gasteiger partial charge in [0.2, 0.25) is 0 Å². The Hall–Kier alpha value is -2.48. The molecule has 0 saturated carbocycles. The number of fused-ring (bicyclic) bond motifs is 1. The Morgan fingerprint density at radius 2 is 1.96 bits per heavy atom. The molecule has 4 rings (SSSR count). The van der Waals surface area contributed by atoms with E-state index in [9.17, 15) is 0 Å². The smallest absolute Gasteiger partial charge is 0.195 e. The Labute approximate surface area is 159 Å². The molecule has 5 nitrogen and oxygen atoms in total. The summed E-state index contributed by atoms with van der Waals surface area (Å²) in [6.45, 7) is 3.21. The van der Waals surface area contributed by atoms with Crippen molar-refractivity contribution in [1.29, 1.82) is 0 Å². The quantitative estimate of drug-likeness (QED) is 0.467.